The molecule has 0 spiro atoms. The van der Waals surface area contributed by atoms with E-state index in [9.17, 15) is 0 Å². The average molecular weight is 277 g/mol. The number of hydrogen-bond acceptors (Lipinski definition) is 1. The van der Waals surface area contributed by atoms with Gasteiger partial charge in [0.1, 0.15) is 0 Å². The van der Waals surface area contributed by atoms with Gasteiger partial charge < -0.3 is 4.74 Å². The zero-order chi connectivity index (χ0) is 11.1. The van der Waals surface area contributed by atoms with Crippen molar-refractivity contribution in [2.75, 3.05) is 11.9 Å². The molecule has 1 nitrogen and oxygen atoms in total. The van der Waals surface area contributed by atoms with Crippen LogP contribution in [0.3, 0.4) is 0 Å². The molecule has 2 atom stereocenters. The highest BCUT2D eigenvalue weighted by Gasteiger charge is 2.34. The fraction of sp³-hybridized carbons (Fsp3) is 1.00. The second-order valence-corrected chi connectivity index (χ2v) is 5.63. The van der Waals surface area contributed by atoms with Crippen molar-refractivity contribution >= 4 is 15.9 Å². The highest BCUT2D eigenvalue weighted by Crippen LogP contribution is 2.36. The maximum Gasteiger partial charge on any atom is 0.0781 e. The molecular formula is C13H25BrO. The maximum absolute atomic E-state index is 6.15. The zero-order valence-electron chi connectivity index (χ0n) is 10.2. The fourth-order valence-electron chi connectivity index (χ4n) is 2.54. The van der Waals surface area contributed by atoms with Gasteiger partial charge in [-0.15, -0.1) is 0 Å². The summed E-state index contributed by atoms with van der Waals surface area (Å²) in [5.41, 5.74) is 0.158. The van der Waals surface area contributed by atoms with Crippen LogP contribution in [0.1, 0.15) is 58.8 Å². The smallest absolute Gasteiger partial charge is 0.0781 e. The Hall–Kier alpha value is 0.440. The van der Waals surface area contributed by atoms with E-state index in [2.05, 4.69) is 29.8 Å². The molecule has 90 valence electrons. The zero-order valence-corrected chi connectivity index (χ0v) is 11.8. The minimum Gasteiger partial charge on any atom is -0.374 e. The van der Waals surface area contributed by atoms with Crippen molar-refractivity contribution in [3.05, 3.63) is 0 Å². The van der Waals surface area contributed by atoms with E-state index in [1.165, 1.54) is 44.9 Å². The van der Waals surface area contributed by atoms with Crippen molar-refractivity contribution < 1.29 is 4.74 Å². The molecule has 0 aromatic heterocycles. The van der Waals surface area contributed by atoms with E-state index in [1.54, 1.807) is 0 Å². The van der Waals surface area contributed by atoms with Crippen LogP contribution in [0.5, 0.6) is 0 Å². The molecule has 0 bridgehead atoms. The van der Waals surface area contributed by atoms with Crippen molar-refractivity contribution in [1.82, 2.24) is 0 Å². The van der Waals surface area contributed by atoms with Crippen LogP contribution in [0.25, 0.3) is 0 Å². The van der Waals surface area contributed by atoms with Crippen LogP contribution < -0.4 is 0 Å². The predicted molar refractivity (Wildman–Crippen MR) is 69.6 cm³/mol. The van der Waals surface area contributed by atoms with Crippen LogP contribution in [-0.2, 0) is 4.74 Å². The van der Waals surface area contributed by atoms with Crippen LogP contribution in [0.2, 0.25) is 0 Å². The molecule has 0 radical (unpaired) electrons. The van der Waals surface area contributed by atoms with Gasteiger partial charge in [0, 0.05) is 11.9 Å². The van der Waals surface area contributed by atoms with Crippen LogP contribution in [0, 0.1) is 5.92 Å². The van der Waals surface area contributed by atoms with E-state index in [0.29, 0.717) is 0 Å². The molecule has 0 aromatic rings. The van der Waals surface area contributed by atoms with Crippen molar-refractivity contribution in [1.29, 1.82) is 0 Å². The molecule has 1 aliphatic rings. The lowest BCUT2D eigenvalue weighted by atomic mass is 9.80. The highest BCUT2D eigenvalue weighted by atomic mass is 79.9. The van der Waals surface area contributed by atoms with Crippen LogP contribution in [0.4, 0.5) is 0 Å². The first-order valence-corrected chi connectivity index (χ1v) is 7.54. The fourth-order valence-corrected chi connectivity index (χ4v) is 3.21. The summed E-state index contributed by atoms with van der Waals surface area (Å²) in [6, 6.07) is 0. The van der Waals surface area contributed by atoms with Gasteiger partial charge in [-0.2, -0.15) is 0 Å². The first-order chi connectivity index (χ1) is 7.22. The van der Waals surface area contributed by atoms with E-state index in [4.69, 9.17) is 4.74 Å². The van der Waals surface area contributed by atoms with E-state index in [-0.39, 0.29) is 5.60 Å². The average Bonchev–Trinajstić information content (AvgIpc) is 2.25. The van der Waals surface area contributed by atoms with Crippen LogP contribution >= 0.6 is 15.9 Å². The van der Waals surface area contributed by atoms with E-state index in [1.807, 2.05) is 0 Å². The molecule has 1 saturated carbocycles. The van der Waals surface area contributed by atoms with Crippen LogP contribution in [0.15, 0.2) is 0 Å². The van der Waals surface area contributed by atoms with Crippen LogP contribution in [-0.4, -0.2) is 17.5 Å². The van der Waals surface area contributed by atoms with Gasteiger partial charge in [0.05, 0.1) is 5.60 Å². The van der Waals surface area contributed by atoms with Crippen molar-refractivity contribution in [3.8, 4) is 0 Å². The topological polar surface area (TPSA) is 9.23 Å². The summed E-state index contributed by atoms with van der Waals surface area (Å²) in [7, 11) is 0. The molecule has 15 heavy (non-hydrogen) atoms. The summed E-state index contributed by atoms with van der Waals surface area (Å²) in [5.74, 6) is 0.836. The van der Waals surface area contributed by atoms with Crippen molar-refractivity contribution in [2.24, 2.45) is 5.92 Å². The second-order valence-electron chi connectivity index (χ2n) is 5.07. The Kier molecular flexibility index (Phi) is 6.21. The number of unbranched alkanes of at least 4 members (excludes halogenated alkanes) is 2. The molecule has 2 heteroatoms. The standard InChI is InChI=1S/C13H25BrO/c1-3-4-5-9-15-13(11-14)8-6-7-12(2)10-13/h12H,3-11H2,1-2H3. The second kappa shape index (κ2) is 6.90. The Labute approximate surface area is 103 Å². The van der Waals surface area contributed by atoms with Gasteiger partial charge in [0.2, 0.25) is 0 Å². The highest BCUT2D eigenvalue weighted by molar-refractivity contribution is 9.09. The van der Waals surface area contributed by atoms with Gasteiger partial charge in [0.25, 0.3) is 0 Å². The van der Waals surface area contributed by atoms with Crippen molar-refractivity contribution in [3.63, 3.8) is 0 Å². The monoisotopic (exact) mass is 276 g/mol. The minimum atomic E-state index is 0.158. The molecule has 0 N–H and O–H groups in total. The largest absolute Gasteiger partial charge is 0.374 e. The first kappa shape index (κ1) is 13.5. The summed E-state index contributed by atoms with van der Waals surface area (Å²) in [6.45, 7) is 5.54. The normalized spacial score (nSPS) is 31.8. The molecule has 0 aliphatic heterocycles. The SMILES string of the molecule is CCCCCOC1(CBr)CCCC(C)C1. The Morgan fingerprint density at radius 3 is 2.80 bits per heavy atom. The molecular weight excluding hydrogens is 252 g/mol. The summed E-state index contributed by atoms with van der Waals surface area (Å²) >= 11 is 3.64. The third-order valence-electron chi connectivity index (χ3n) is 3.45. The maximum atomic E-state index is 6.15. The van der Waals surface area contributed by atoms with Gasteiger partial charge >= 0.3 is 0 Å². The summed E-state index contributed by atoms with van der Waals surface area (Å²) in [5, 5.41) is 1.01. The Bertz CT molecular complexity index is 172. The molecule has 1 aliphatic carbocycles. The van der Waals surface area contributed by atoms with E-state index < -0.39 is 0 Å². The third kappa shape index (κ3) is 4.44. The summed E-state index contributed by atoms with van der Waals surface area (Å²) in [4.78, 5) is 0. The lowest BCUT2D eigenvalue weighted by molar-refractivity contribution is -0.0640. The summed E-state index contributed by atoms with van der Waals surface area (Å²) < 4.78 is 6.15. The molecule has 0 heterocycles. The van der Waals surface area contributed by atoms with Gasteiger partial charge in [-0.3, -0.25) is 0 Å². The number of alkyl halides is 1. The van der Waals surface area contributed by atoms with Gasteiger partial charge in [-0.25, -0.2) is 0 Å². The number of hydrogen-bond donors (Lipinski definition) is 0. The molecule has 2 unspecified atom stereocenters. The number of halogens is 1. The first-order valence-electron chi connectivity index (χ1n) is 6.42. The minimum absolute atomic E-state index is 0.158. The number of ether oxygens (including phenoxy) is 1. The Morgan fingerprint density at radius 2 is 2.20 bits per heavy atom. The van der Waals surface area contributed by atoms with Gasteiger partial charge in [-0.1, -0.05) is 55.5 Å². The summed E-state index contributed by atoms with van der Waals surface area (Å²) in [6.07, 6.45) is 9.00. The number of rotatable bonds is 6. The predicted octanol–water partition coefficient (Wildman–Crippen LogP) is 4.54. The molecule has 0 amide bonds. The van der Waals surface area contributed by atoms with Crippen molar-refractivity contribution in [2.45, 2.75) is 64.4 Å². The Balaban J connectivity index is 2.31. The van der Waals surface area contributed by atoms with Gasteiger partial charge in [-0.05, 0) is 25.2 Å². The van der Waals surface area contributed by atoms with Gasteiger partial charge in [0.15, 0.2) is 0 Å². The molecule has 1 rings (SSSR count). The molecule has 1 fully saturated rings. The van der Waals surface area contributed by atoms with E-state index in [0.717, 1.165) is 17.9 Å². The lowest BCUT2D eigenvalue weighted by Crippen LogP contribution is -2.39. The quantitative estimate of drug-likeness (QED) is 0.511. The third-order valence-corrected chi connectivity index (χ3v) is 4.47. The molecule has 0 saturated heterocycles. The molecule has 0 aromatic carbocycles. The van der Waals surface area contributed by atoms with E-state index >= 15 is 0 Å². The lowest BCUT2D eigenvalue weighted by Gasteiger charge is -2.38. The Morgan fingerprint density at radius 1 is 1.40 bits per heavy atom.